The normalized spacial score (nSPS) is 22.5. The lowest BCUT2D eigenvalue weighted by molar-refractivity contribution is 0.0754. The molecule has 2 heterocycles. The summed E-state index contributed by atoms with van der Waals surface area (Å²) in [7, 11) is 0. The average Bonchev–Trinajstić information content (AvgIpc) is 3.04. The summed E-state index contributed by atoms with van der Waals surface area (Å²) in [6.45, 7) is 5.23. The molecule has 1 atom stereocenters. The third-order valence-electron chi connectivity index (χ3n) is 4.66. The van der Waals surface area contributed by atoms with E-state index in [0.717, 1.165) is 37.6 Å². The van der Waals surface area contributed by atoms with E-state index >= 15 is 0 Å². The van der Waals surface area contributed by atoms with Crippen molar-refractivity contribution in [2.75, 3.05) is 32.8 Å². The Morgan fingerprint density at radius 3 is 2.48 bits per heavy atom. The first-order valence-electron chi connectivity index (χ1n) is 8.13. The van der Waals surface area contributed by atoms with Crippen LogP contribution in [-0.4, -0.2) is 43.8 Å². The van der Waals surface area contributed by atoms with E-state index < -0.39 is 0 Å². The van der Waals surface area contributed by atoms with Gasteiger partial charge >= 0.3 is 0 Å². The third kappa shape index (κ3) is 4.19. The monoisotopic (exact) mass is 308 g/mol. The second kappa shape index (κ2) is 7.59. The minimum absolute atomic E-state index is 0.465. The van der Waals surface area contributed by atoms with Crippen molar-refractivity contribution >= 4 is 11.6 Å². The first kappa shape index (κ1) is 15.3. The van der Waals surface area contributed by atoms with Crippen LogP contribution in [0.4, 0.5) is 0 Å². The molecule has 116 valence electrons. The molecule has 0 unspecified atom stereocenters. The molecular weight excluding hydrogens is 284 g/mol. The van der Waals surface area contributed by atoms with Crippen LogP contribution in [0, 0.1) is 0 Å². The van der Waals surface area contributed by atoms with Crippen molar-refractivity contribution in [3.05, 3.63) is 34.9 Å². The lowest BCUT2D eigenvalue weighted by Crippen LogP contribution is -2.41. The number of hydrogen-bond acceptors (Lipinski definition) is 3. The van der Waals surface area contributed by atoms with E-state index in [1.54, 1.807) is 0 Å². The fourth-order valence-corrected chi connectivity index (χ4v) is 3.50. The highest BCUT2D eigenvalue weighted by atomic mass is 35.5. The summed E-state index contributed by atoms with van der Waals surface area (Å²) in [5.41, 5.74) is 1.38. The summed E-state index contributed by atoms with van der Waals surface area (Å²) in [4.78, 5) is 2.61. The highest BCUT2D eigenvalue weighted by molar-refractivity contribution is 6.30. The zero-order chi connectivity index (χ0) is 14.5. The lowest BCUT2D eigenvalue weighted by Gasteiger charge is -2.31. The zero-order valence-electron chi connectivity index (χ0n) is 12.6. The van der Waals surface area contributed by atoms with Gasteiger partial charge in [0.2, 0.25) is 0 Å². The van der Waals surface area contributed by atoms with E-state index in [4.69, 9.17) is 16.3 Å². The van der Waals surface area contributed by atoms with E-state index in [2.05, 4.69) is 22.3 Å². The Kier molecular flexibility index (Phi) is 5.53. The maximum absolute atomic E-state index is 6.03. The Balaban J connectivity index is 1.65. The second-order valence-corrected chi connectivity index (χ2v) is 6.54. The summed E-state index contributed by atoms with van der Waals surface area (Å²) in [6.07, 6.45) is 4.91. The van der Waals surface area contributed by atoms with Gasteiger partial charge in [0.15, 0.2) is 0 Å². The molecule has 3 nitrogen and oxygen atoms in total. The van der Waals surface area contributed by atoms with Crippen LogP contribution < -0.4 is 5.32 Å². The van der Waals surface area contributed by atoms with Gasteiger partial charge < -0.3 is 10.1 Å². The fourth-order valence-electron chi connectivity index (χ4n) is 3.38. The average molecular weight is 309 g/mol. The molecule has 4 heteroatoms. The smallest absolute Gasteiger partial charge is 0.0480 e. The molecule has 0 radical (unpaired) electrons. The molecule has 1 N–H and O–H groups in total. The quantitative estimate of drug-likeness (QED) is 0.904. The van der Waals surface area contributed by atoms with Crippen LogP contribution in [0.3, 0.4) is 0 Å². The van der Waals surface area contributed by atoms with Crippen molar-refractivity contribution in [3.63, 3.8) is 0 Å². The largest absolute Gasteiger partial charge is 0.381 e. The summed E-state index contributed by atoms with van der Waals surface area (Å²) in [5, 5.41) is 4.57. The van der Waals surface area contributed by atoms with Crippen molar-refractivity contribution in [2.45, 2.75) is 37.8 Å². The van der Waals surface area contributed by atoms with Crippen LogP contribution in [-0.2, 0) is 4.74 Å². The highest BCUT2D eigenvalue weighted by Gasteiger charge is 2.24. The summed E-state index contributed by atoms with van der Waals surface area (Å²) in [5.74, 6) is 0. The predicted octanol–water partition coefficient (Wildman–Crippen LogP) is 3.25. The molecule has 2 aliphatic heterocycles. The standard InChI is InChI=1S/C17H25ClN2O/c18-15-5-3-14(4-6-15)17(20-9-1-2-10-20)13-19-16-7-11-21-12-8-16/h3-6,16-17,19H,1-2,7-13H2/t17-/m1/s1. The number of hydrogen-bond donors (Lipinski definition) is 1. The van der Waals surface area contributed by atoms with Crippen LogP contribution in [0.15, 0.2) is 24.3 Å². The molecule has 0 spiro atoms. The minimum Gasteiger partial charge on any atom is -0.381 e. The Hall–Kier alpha value is -0.610. The Labute approximate surface area is 132 Å². The van der Waals surface area contributed by atoms with Crippen molar-refractivity contribution in [3.8, 4) is 0 Å². The molecule has 0 saturated carbocycles. The second-order valence-electron chi connectivity index (χ2n) is 6.11. The van der Waals surface area contributed by atoms with Gasteiger partial charge in [-0.1, -0.05) is 23.7 Å². The number of benzene rings is 1. The van der Waals surface area contributed by atoms with Crippen LogP contribution in [0.25, 0.3) is 0 Å². The van der Waals surface area contributed by atoms with Crippen LogP contribution in [0.2, 0.25) is 5.02 Å². The maximum Gasteiger partial charge on any atom is 0.0480 e. The Bertz CT molecular complexity index is 425. The number of likely N-dealkylation sites (tertiary alicyclic amines) is 1. The first-order chi connectivity index (χ1) is 10.3. The van der Waals surface area contributed by atoms with Crippen molar-refractivity contribution in [2.24, 2.45) is 0 Å². The third-order valence-corrected chi connectivity index (χ3v) is 4.91. The molecule has 0 aromatic heterocycles. The SMILES string of the molecule is Clc1ccc([C@@H](CNC2CCOCC2)N2CCCC2)cc1. The van der Waals surface area contributed by atoms with Crippen molar-refractivity contribution < 1.29 is 4.74 Å². The van der Waals surface area contributed by atoms with Gasteiger partial charge in [0.05, 0.1) is 0 Å². The Morgan fingerprint density at radius 2 is 1.81 bits per heavy atom. The van der Waals surface area contributed by atoms with E-state index in [1.807, 2.05) is 12.1 Å². The van der Waals surface area contributed by atoms with Crippen molar-refractivity contribution in [1.29, 1.82) is 0 Å². The molecule has 3 rings (SSSR count). The van der Waals surface area contributed by atoms with E-state index in [-0.39, 0.29) is 0 Å². The number of halogens is 1. The van der Waals surface area contributed by atoms with Gasteiger partial charge in [-0.3, -0.25) is 4.90 Å². The van der Waals surface area contributed by atoms with Gasteiger partial charge in [-0.25, -0.2) is 0 Å². The molecule has 21 heavy (non-hydrogen) atoms. The van der Waals surface area contributed by atoms with Gasteiger partial charge in [-0.2, -0.15) is 0 Å². The lowest BCUT2D eigenvalue weighted by atomic mass is 10.0. The van der Waals surface area contributed by atoms with Gasteiger partial charge in [0.1, 0.15) is 0 Å². The van der Waals surface area contributed by atoms with Crippen molar-refractivity contribution in [1.82, 2.24) is 10.2 Å². The van der Waals surface area contributed by atoms with Gasteiger partial charge in [-0.15, -0.1) is 0 Å². The van der Waals surface area contributed by atoms with Crippen LogP contribution >= 0.6 is 11.6 Å². The topological polar surface area (TPSA) is 24.5 Å². The molecule has 2 fully saturated rings. The van der Waals surface area contributed by atoms with E-state index in [0.29, 0.717) is 12.1 Å². The highest BCUT2D eigenvalue weighted by Crippen LogP contribution is 2.26. The van der Waals surface area contributed by atoms with Gasteiger partial charge in [0.25, 0.3) is 0 Å². The van der Waals surface area contributed by atoms with Gasteiger partial charge in [0, 0.05) is 36.9 Å². The molecular formula is C17H25ClN2O. The number of rotatable bonds is 5. The molecule has 0 aliphatic carbocycles. The number of ether oxygens (including phenoxy) is 1. The van der Waals surface area contributed by atoms with E-state index in [1.165, 1.54) is 31.5 Å². The number of nitrogens with one attached hydrogen (secondary N) is 1. The Morgan fingerprint density at radius 1 is 1.14 bits per heavy atom. The number of nitrogens with zero attached hydrogens (tertiary/aromatic N) is 1. The van der Waals surface area contributed by atoms with Gasteiger partial charge in [-0.05, 0) is 56.5 Å². The molecule has 2 aliphatic rings. The van der Waals surface area contributed by atoms with Crippen LogP contribution in [0.5, 0.6) is 0 Å². The molecule has 1 aromatic carbocycles. The fraction of sp³-hybridized carbons (Fsp3) is 0.647. The zero-order valence-corrected chi connectivity index (χ0v) is 13.3. The van der Waals surface area contributed by atoms with Crippen LogP contribution in [0.1, 0.15) is 37.3 Å². The molecule has 1 aromatic rings. The molecule has 0 amide bonds. The first-order valence-corrected chi connectivity index (χ1v) is 8.51. The maximum atomic E-state index is 6.03. The summed E-state index contributed by atoms with van der Waals surface area (Å²) < 4.78 is 5.44. The predicted molar refractivity (Wildman–Crippen MR) is 86.8 cm³/mol. The summed E-state index contributed by atoms with van der Waals surface area (Å²) >= 11 is 6.03. The minimum atomic E-state index is 0.465. The molecule has 0 bridgehead atoms. The van der Waals surface area contributed by atoms with E-state index in [9.17, 15) is 0 Å². The summed E-state index contributed by atoms with van der Waals surface area (Å²) in [6, 6.07) is 9.44. The molecule has 2 saturated heterocycles.